The van der Waals surface area contributed by atoms with E-state index in [0.717, 1.165) is 87.7 Å². The molecular weight excluding hydrogens is 684 g/mol. The number of allylic oxidation sites excluding steroid dienone is 1. The van der Waals surface area contributed by atoms with Gasteiger partial charge < -0.3 is 9.47 Å². The fraction of sp³-hybridized carbons (Fsp3) is 0.811. The zero-order valence-corrected chi connectivity index (χ0v) is 31.1. The molecule has 0 N–H and O–H groups in total. The normalized spacial score (nSPS) is 35.0. The average Bonchev–Trinajstić information content (AvgIpc) is 3.27. The maximum atomic E-state index is 14.1. The number of hydrogen-bond acceptors (Lipinski definition) is 5. The number of Topliss-reactive ketones (excluding diaryl/α,β-unsaturated/α-hetero) is 1. The topological polar surface area (TPSA) is 69.7 Å². The van der Waals surface area contributed by atoms with Crippen molar-refractivity contribution in [1.29, 1.82) is 0 Å². The maximum absolute atomic E-state index is 14.1. The number of ketones is 1. The molecule has 0 unspecified atom stereocenters. The predicted octanol–water partition coefficient (Wildman–Crippen LogP) is 10.1. The van der Waals surface area contributed by atoms with Crippen LogP contribution in [0, 0.1) is 34.0 Å². The molecule has 0 aromatic heterocycles. The van der Waals surface area contributed by atoms with Crippen LogP contribution in [0.4, 0.5) is 0 Å². The van der Waals surface area contributed by atoms with Crippen LogP contribution in [0.2, 0.25) is 0 Å². The summed E-state index contributed by atoms with van der Waals surface area (Å²) in [5.41, 5.74) is -0.926. The van der Waals surface area contributed by atoms with Gasteiger partial charge in [-0.3, -0.25) is 14.4 Å². The van der Waals surface area contributed by atoms with Crippen molar-refractivity contribution in [3.8, 4) is 0 Å². The van der Waals surface area contributed by atoms with Crippen LogP contribution in [-0.2, 0) is 23.9 Å². The predicted molar refractivity (Wildman–Crippen MR) is 186 cm³/mol. The Labute approximate surface area is 284 Å². The number of unbranched alkanes of at least 4 members (excludes halogenated alkanes) is 8. The third-order valence-electron chi connectivity index (χ3n) is 11.8. The second-order valence-corrected chi connectivity index (χ2v) is 16.2. The molecule has 5 nitrogen and oxygen atoms in total. The number of ether oxygens (including phenoxy) is 2. The van der Waals surface area contributed by atoms with E-state index >= 15 is 0 Å². The zero-order valence-electron chi connectivity index (χ0n) is 27.9. The minimum atomic E-state index is -0.630. The molecule has 3 fully saturated rings. The largest absolute Gasteiger partial charge is 0.462 e. The van der Waals surface area contributed by atoms with Gasteiger partial charge in [0.25, 0.3) is 0 Å². The monoisotopic (exact) mass is 740 g/mol. The second-order valence-electron chi connectivity index (χ2n) is 14.6. The molecule has 3 aliphatic carbocycles. The number of hydrogen-bond donors (Lipinski definition) is 0. The first-order valence-corrected chi connectivity index (χ1v) is 19.5. The van der Waals surface area contributed by atoms with E-state index in [1.807, 2.05) is 6.08 Å². The zero-order chi connectivity index (χ0) is 32.5. The lowest BCUT2D eigenvalue weighted by Crippen LogP contribution is -2.63. The Morgan fingerprint density at radius 1 is 0.886 bits per heavy atom. The van der Waals surface area contributed by atoms with Gasteiger partial charge in [0.15, 0.2) is 5.78 Å². The molecule has 0 saturated heterocycles. The lowest BCUT2D eigenvalue weighted by molar-refractivity contribution is -0.213. The molecule has 8 atom stereocenters. The number of rotatable bonds is 17. The van der Waals surface area contributed by atoms with Crippen LogP contribution in [-0.4, -0.2) is 40.6 Å². The van der Waals surface area contributed by atoms with Crippen LogP contribution < -0.4 is 0 Å². The van der Waals surface area contributed by atoms with Crippen LogP contribution >= 0.6 is 31.9 Å². The van der Waals surface area contributed by atoms with Crippen molar-refractivity contribution in [2.75, 3.05) is 10.7 Å². The molecule has 0 heterocycles. The summed E-state index contributed by atoms with van der Waals surface area (Å²) in [4.78, 5) is 40.9. The van der Waals surface area contributed by atoms with Crippen LogP contribution in [0.25, 0.3) is 0 Å². The summed E-state index contributed by atoms with van der Waals surface area (Å²) in [5.74, 6) is -0.500. The highest BCUT2D eigenvalue weighted by atomic mass is 79.9. The first-order chi connectivity index (χ1) is 20.9. The van der Waals surface area contributed by atoms with Crippen molar-refractivity contribution >= 4 is 49.6 Å². The summed E-state index contributed by atoms with van der Waals surface area (Å²) in [7, 11) is 0. The molecular formula is C37H58Br2O5. The molecule has 44 heavy (non-hydrogen) atoms. The van der Waals surface area contributed by atoms with Gasteiger partial charge in [0.1, 0.15) is 12.2 Å². The highest BCUT2D eigenvalue weighted by molar-refractivity contribution is 9.09. The Morgan fingerprint density at radius 2 is 1.41 bits per heavy atom. The summed E-state index contributed by atoms with van der Waals surface area (Å²) in [6, 6.07) is 0. The Balaban J connectivity index is 1.91. The highest BCUT2D eigenvalue weighted by Gasteiger charge is 2.69. The lowest BCUT2D eigenvalue weighted by Gasteiger charge is -2.62. The van der Waals surface area contributed by atoms with Gasteiger partial charge in [0.05, 0.1) is 0 Å². The first-order valence-electron chi connectivity index (χ1n) is 17.3. The van der Waals surface area contributed by atoms with Gasteiger partial charge in [0, 0.05) is 46.2 Å². The van der Waals surface area contributed by atoms with Crippen molar-refractivity contribution in [2.45, 2.75) is 143 Å². The Kier molecular flexibility index (Phi) is 14.3. The summed E-state index contributed by atoms with van der Waals surface area (Å²) in [6.45, 7) is 17.2. The van der Waals surface area contributed by atoms with E-state index in [9.17, 15) is 14.4 Å². The van der Waals surface area contributed by atoms with Crippen molar-refractivity contribution in [2.24, 2.45) is 34.0 Å². The molecule has 7 heteroatoms. The maximum Gasteiger partial charge on any atom is 0.306 e. The number of halogens is 2. The van der Waals surface area contributed by atoms with E-state index in [-0.39, 0.29) is 35.5 Å². The first kappa shape index (κ1) is 37.5. The molecule has 0 aliphatic heterocycles. The Bertz CT molecular complexity index is 1030. The summed E-state index contributed by atoms with van der Waals surface area (Å²) < 4.78 is 12.9. The van der Waals surface area contributed by atoms with E-state index in [2.05, 4.69) is 72.7 Å². The standard InChI is InChI=1S/C37H58Br2O5/c1-7-35(5)25-29(43-30(40)18-14-10-8-12-16-22-38)36(6)27(3)20-21-37(24-26(2)32(42)33(36)37)28(4)34(35)44-31(41)19-15-11-9-13-17-23-39/h7,27-29,33-34H,1-2,8-25H2,3-6H3/t27-,28+,29-,33+,34+,35-,36+,37+/m1/s1. The molecule has 3 rings (SSSR count). The molecule has 0 aromatic rings. The molecule has 3 aliphatic rings. The lowest BCUT2D eigenvalue weighted by atomic mass is 9.44. The van der Waals surface area contributed by atoms with Crippen molar-refractivity contribution in [3.05, 3.63) is 24.8 Å². The van der Waals surface area contributed by atoms with E-state index < -0.39 is 28.5 Å². The number of carbonyl (C=O) groups excluding carboxylic acids is 3. The van der Waals surface area contributed by atoms with Gasteiger partial charge in [-0.05, 0) is 68.3 Å². The molecule has 3 saturated carbocycles. The molecule has 0 aromatic carbocycles. The van der Waals surface area contributed by atoms with Gasteiger partial charge in [-0.2, -0.15) is 0 Å². The molecule has 2 bridgehead atoms. The van der Waals surface area contributed by atoms with Crippen molar-refractivity contribution in [1.82, 2.24) is 0 Å². The molecule has 250 valence electrons. The van der Waals surface area contributed by atoms with Crippen LogP contribution in [0.5, 0.6) is 0 Å². The SMILES string of the molecule is C=C[C@]1(C)C[C@@H](OC(=O)CCCCCCCBr)[C@]2(C)[C@H](C)CC[C@]3(CC(=C)C(=O)[C@H]32)[C@@H](C)[C@@H]1OC(=O)CCCCCCCBr. The highest BCUT2D eigenvalue weighted by Crippen LogP contribution is 2.69. The summed E-state index contributed by atoms with van der Waals surface area (Å²) in [5, 5.41) is 2.02. The fourth-order valence-electron chi connectivity index (χ4n) is 8.84. The van der Waals surface area contributed by atoms with Crippen molar-refractivity contribution in [3.63, 3.8) is 0 Å². The number of esters is 2. The molecule has 0 spiro atoms. The van der Waals surface area contributed by atoms with Gasteiger partial charge in [0.2, 0.25) is 0 Å². The molecule has 0 amide bonds. The number of carbonyl (C=O) groups is 3. The molecule has 0 radical (unpaired) electrons. The van der Waals surface area contributed by atoms with E-state index in [1.165, 1.54) is 0 Å². The van der Waals surface area contributed by atoms with Crippen molar-refractivity contribution < 1.29 is 23.9 Å². The Hall–Kier alpha value is -0.950. The van der Waals surface area contributed by atoms with Crippen LogP contribution in [0.1, 0.15) is 130 Å². The van der Waals surface area contributed by atoms with E-state index in [0.29, 0.717) is 31.3 Å². The third kappa shape index (κ3) is 8.12. The van der Waals surface area contributed by atoms with Crippen LogP contribution in [0.15, 0.2) is 24.8 Å². The average molecular weight is 743 g/mol. The quantitative estimate of drug-likeness (QED) is 0.0488. The van der Waals surface area contributed by atoms with Gasteiger partial charge in [-0.1, -0.05) is 111 Å². The third-order valence-corrected chi connectivity index (χ3v) is 12.9. The second kappa shape index (κ2) is 16.7. The van der Waals surface area contributed by atoms with E-state index in [1.54, 1.807) is 0 Å². The minimum Gasteiger partial charge on any atom is -0.462 e. The number of alkyl halides is 2. The summed E-state index contributed by atoms with van der Waals surface area (Å²) >= 11 is 6.97. The fourth-order valence-corrected chi connectivity index (χ4v) is 9.63. The van der Waals surface area contributed by atoms with Gasteiger partial charge in [-0.25, -0.2) is 0 Å². The van der Waals surface area contributed by atoms with E-state index in [4.69, 9.17) is 9.47 Å². The summed E-state index contributed by atoms with van der Waals surface area (Å²) in [6.07, 6.45) is 15.0. The van der Waals surface area contributed by atoms with Gasteiger partial charge in [-0.15, -0.1) is 6.58 Å². The minimum absolute atomic E-state index is 0.0791. The Morgan fingerprint density at radius 3 is 1.95 bits per heavy atom. The van der Waals surface area contributed by atoms with Gasteiger partial charge >= 0.3 is 11.9 Å². The smallest absolute Gasteiger partial charge is 0.306 e. The van der Waals surface area contributed by atoms with Crippen LogP contribution in [0.3, 0.4) is 0 Å².